The number of hydrogen-bond acceptors (Lipinski definition) is 3. The summed E-state index contributed by atoms with van der Waals surface area (Å²) < 4.78 is 0. The first-order valence-corrected chi connectivity index (χ1v) is 11.4. The summed E-state index contributed by atoms with van der Waals surface area (Å²) in [6, 6.07) is 10.5. The summed E-state index contributed by atoms with van der Waals surface area (Å²) in [4.78, 5) is 29.5. The van der Waals surface area contributed by atoms with Crippen molar-refractivity contribution in [3.05, 3.63) is 35.9 Å². The van der Waals surface area contributed by atoms with E-state index in [2.05, 4.69) is 34.5 Å². The molecule has 6 rings (SSSR count). The maximum absolute atomic E-state index is 12.6. The first kappa shape index (κ1) is 17.9. The molecule has 4 aliphatic carbocycles. The minimum Gasteiger partial charge on any atom is -0.347 e. The van der Waals surface area contributed by atoms with Crippen LogP contribution in [0.3, 0.4) is 0 Å². The molecule has 1 saturated heterocycles. The molecule has 1 aromatic carbocycles. The Hall–Kier alpha value is -1.88. The molecular formula is C24H31N3O2. The Bertz CT molecular complexity index is 804. The third kappa shape index (κ3) is 2.43. The van der Waals surface area contributed by atoms with Crippen LogP contribution < -0.4 is 5.32 Å². The van der Waals surface area contributed by atoms with E-state index in [-0.39, 0.29) is 18.4 Å². The highest BCUT2D eigenvalue weighted by Crippen LogP contribution is 2.93. The molecule has 5 nitrogen and oxygen atoms in total. The zero-order chi connectivity index (χ0) is 19.6. The summed E-state index contributed by atoms with van der Waals surface area (Å²) in [5.41, 5.74) is 2.22. The van der Waals surface area contributed by atoms with E-state index in [9.17, 15) is 9.59 Å². The average Bonchev–Trinajstić information content (AvgIpc) is 2.68. The molecule has 4 saturated carbocycles. The molecule has 0 aromatic heterocycles. The number of carbonyl (C=O) groups is 2. The lowest BCUT2D eigenvalue weighted by Crippen LogP contribution is -2.85. The van der Waals surface area contributed by atoms with Crippen molar-refractivity contribution in [3.8, 4) is 0 Å². The molecule has 5 heteroatoms. The van der Waals surface area contributed by atoms with Gasteiger partial charge in [0.15, 0.2) is 0 Å². The fourth-order valence-corrected chi connectivity index (χ4v) is 8.11. The van der Waals surface area contributed by atoms with Crippen molar-refractivity contribution < 1.29 is 9.59 Å². The second kappa shape index (κ2) is 6.31. The summed E-state index contributed by atoms with van der Waals surface area (Å²) in [5, 5.41) is 2.95. The molecule has 1 aliphatic heterocycles. The van der Waals surface area contributed by atoms with Gasteiger partial charge in [0.1, 0.15) is 0 Å². The highest BCUT2D eigenvalue weighted by atomic mass is 16.2. The van der Waals surface area contributed by atoms with Crippen LogP contribution in [0.25, 0.3) is 0 Å². The molecule has 5 fully saturated rings. The zero-order valence-corrected chi connectivity index (χ0v) is 17.1. The van der Waals surface area contributed by atoms with Crippen LogP contribution in [0.4, 0.5) is 0 Å². The highest BCUT2D eigenvalue weighted by Gasteiger charge is 2.87. The van der Waals surface area contributed by atoms with Crippen molar-refractivity contribution >= 4 is 11.8 Å². The van der Waals surface area contributed by atoms with Gasteiger partial charge in [-0.2, -0.15) is 0 Å². The Kier molecular flexibility index (Phi) is 3.90. The Morgan fingerprint density at radius 3 is 2.28 bits per heavy atom. The minimum absolute atomic E-state index is 0.0662. The monoisotopic (exact) mass is 393 g/mol. The van der Waals surface area contributed by atoms with Gasteiger partial charge in [0.25, 0.3) is 0 Å². The second-order valence-electron chi connectivity index (χ2n) is 10.3. The zero-order valence-electron chi connectivity index (χ0n) is 17.1. The largest absolute Gasteiger partial charge is 0.347 e. The fourth-order valence-electron chi connectivity index (χ4n) is 8.11. The summed E-state index contributed by atoms with van der Waals surface area (Å²) in [6.07, 6.45) is 6.05. The third-order valence-corrected chi connectivity index (χ3v) is 9.27. The predicted octanol–water partition coefficient (Wildman–Crippen LogP) is 2.27. The normalized spacial score (nSPS) is 39.0. The molecule has 0 bridgehead atoms. The van der Waals surface area contributed by atoms with Gasteiger partial charge in [-0.1, -0.05) is 30.3 Å². The first-order valence-electron chi connectivity index (χ1n) is 11.4. The summed E-state index contributed by atoms with van der Waals surface area (Å²) in [5.74, 6) is 2.96. The van der Waals surface area contributed by atoms with Crippen LogP contribution in [0.2, 0.25) is 0 Å². The molecule has 154 valence electrons. The van der Waals surface area contributed by atoms with Gasteiger partial charge < -0.3 is 10.2 Å². The van der Waals surface area contributed by atoms with Crippen LogP contribution in [-0.4, -0.2) is 54.3 Å². The maximum Gasteiger partial charge on any atom is 0.242 e. The van der Waals surface area contributed by atoms with E-state index in [0.717, 1.165) is 50.5 Å². The number of rotatable bonds is 6. The van der Waals surface area contributed by atoms with Gasteiger partial charge in [0.05, 0.1) is 6.54 Å². The Morgan fingerprint density at radius 2 is 1.66 bits per heavy atom. The minimum atomic E-state index is 0.0662. The fraction of sp³-hybridized carbons (Fsp3) is 0.667. The van der Waals surface area contributed by atoms with Crippen molar-refractivity contribution in [1.29, 1.82) is 0 Å². The van der Waals surface area contributed by atoms with E-state index in [1.54, 1.807) is 0 Å². The molecule has 2 unspecified atom stereocenters. The maximum atomic E-state index is 12.6. The number of carbonyl (C=O) groups excluding carboxylic acids is 2. The van der Waals surface area contributed by atoms with E-state index in [1.807, 2.05) is 11.0 Å². The summed E-state index contributed by atoms with van der Waals surface area (Å²) in [7, 11) is 0. The summed E-state index contributed by atoms with van der Waals surface area (Å²) >= 11 is 0. The molecule has 2 amide bonds. The lowest BCUT2D eigenvalue weighted by molar-refractivity contribution is -0.430. The van der Waals surface area contributed by atoms with Crippen molar-refractivity contribution in [2.24, 2.45) is 28.6 Å². The number of hydrogen-bond donors (Lipinski definition) is 1. The van der Waals surface area contributed by atoms with Crippen LogP contribution >= 0.6 is 0 Å². The predicted molar refractivity (Wildman–Crippen MR) is 110 cm³/mol. The first-order chi connectivity index (χ1) is 14.1. The van der Waals surface area contributed by atoms with Crippen LogP contribution in [0.15, 0.2) is 30.3 Å². The van der Waals surface area contributed by atoms with Crippen LogP contribution in [0.5, 0.6) is 0 Å². The van der Waals surface area contributed by atoms with Crippen molar-refractivity contribution in [2.45, 2.75) is 38.6 Å². The van der Waals surface area contributed by atoms with Crippen molar-refractivity contribution in [2.75, 3.05) is 32.7 Å². The van der Waals surface area contributed by atoms with Crippen LogP contribution in [0.1, 0.15) is 37.7 Å². The van der Waals surface area contributed by atoms with E-state index >= 15 is 0 Å². The average molecular weight is 394 g/mol. The number of nitrogens with zero attached hydrogens (tertiary/aromatic N) is 2. The molecule has 1 spiro atoms. The Labute approximate surface area is 172 Å². The smallest absolute Gasteiger partial charge is 0.242 e. The van der Waals surface area contributed by atoms with E-state index < -0.39 is 0 Å². The highest BCUT2D eigenvalue weighted by molar-refractivity contribution is 5.85. The van der Waals surface area contributed by atoms with E-state index in [0.29, 0.717) is 17.3 Å². The SMILES string of the molecule is O=C(CC12CC3CC4CC(C1)C432)NCC(=O)N1CCN(Cc2ccccc2)CC1. The molecular weight excluding hydrogens is 362 g/mol. The van der Waals surface area contributed by atoms with Gasteiger partial charge in [-0.15, -0.1) is 0 Å². The van der Waals surface area contributed by atoms with Crippen molar-refractivity contribution in [3.63, 3.8) is 0 Å². The van der Waals surface area contributed by atoms with Crippen molar-refractivity contribution in [1.82, 2.24) is 15.1 Å². The molecule has 5 aliphatic rings. The lowest BCUT2D eigenvalue weighted by atomic mass is 9.13. The van der Waals surface area contributed by atoms with Gasteiger partial charge >= 0.3 is 0 Å². The second-order valence-corrected chi connectivity index (χ2v) is 10.3. The molecule has 0 radical (unpaired) electrons. The van der Waals surface area contributed by atoms with Gasteiger partial charge in [-0.3, -0.25) is 14.5 Å². The Morgan fingerprint density at radius 1 is 0.966 bits per heavy atom. The van der Waals surface area contributed by atoms with E-state index in [1.165, 1.54) is 31.2 Å². The van der Waals surface area contributed by atoms with Crippen LogP contribution in [-0.2, 0) is 16.1 Å². The molecule has 1 aromatic rings. The topological polar surface area (TPSA) is 52.7 Å². The number of piperazine rings is 1. The number of nitrogens with one attached hydrogen (secondary N) is 1. The molecule has 1 N–H and O–H groups in total. The molecule has 2 atom stereocenters. The summed E-state index contributed by atoms with van der Waals surface area (Å²) in [6.45, 7) is 4.39. The van der Waals surface area contributed by atoms with Gasteiger partial charge in [-0.05, 0) is 59.8 Å². The number of benzene rings is 1. The Balaban J connectivity index is 0.945. The molecule has 1 heterocycles. The lowest BCUT2D eigenvalue weighted by Gasteiger charge is -2.91. The van der Waals surface area contributed by atoms with E-state index in [4.69, 9.17) is 0 Å². The van der Waals surface area contributed by atoms with Crippen LogP contribution in [0, 0.1) is 28.6 Å². The van der Waals surface area contributed by atoms with Gasteiger partial charge in [0, 0.05) is 39.1 Å². The quantitative estimate of drug-likeness (QED) is 0.807. The third-order valence-electron chi connectivity index (χ3n) is 9.27. The number of amides is 2. The molecule has 29 heavy (non-hydrogen) atoms. The van der Waals surface area contributed by atoms with Gasteiger partial charge in [-0.25, -0.2) is 0 Å². The standard InChI is InChI=1S/C24H31N3O2/c28-21(14-23-12-19-10-18-11-20(13-23)24(18,19)23)25-15-22(29)27-8-6-26(7-9-27)16-17-4-2-1-3-5-17/h1-5,18-20H,6-16H2,(H,25,28). The van der Waals surface area contributed by atoms with Gasteiger partial charge in [0.2, 0.25) is 11.8 Å².